The van der Waals surface area contributed by atoms with Crippen molar-refractivity contribution in [2.24, 2.45) is 0 Å². The second-order valence-electron chi connectivity index (χ2n) is 6.37. The first kappa shape index (κ1) is 17.5. The van der Waals surface area contributed by atoms with E-state index in [0.29, 0.717) is 0 Å². The number of rotatable bonds is 6. The number of hydrogen-bond acceptors (Lipinski definition) is 4. The van der Waals surface area contributed by atoms with Gasteiger partial charge in [0.05, 0.1) is 25.9 Å². The molecule has 0 aliphatic carbocycles. The van der Waals surface area contributed by atoms with E-state index >= 15 is 0 Å². The summed E-state index contributed by atoms with van der Waals surface area (Å²) in [6.45, 7) is 2.13. The fourth-order valence-corrected chi connectivity index (χ4v) is 4.27. The Morgan fingerprint density at radius 2 is 1.85 bits per heavy atom. The van der Waals surface area contributed by atoms with Gasteiger partial charge in [0.1, 0.15) is 11.5 Å². The average Bonchev–Trinajstić information content (AvgIpc) is 3.33. The Hall–Kier alpha value is -2.92. The molecule has 27 heavy (non-hydrogen) atoms. The van der Waals surface area contributed by atoms with Gasteiger partial charge < -0.3 is 19.8 Å². The number of ether oxygens (including phenoxy) is 2. The number of benzene rings is 2. The highest BCUT2D eigenvalue weighted by molar-refractivity contribution is 7.10. The number of hydrogen-bond donors (Lipinski definition) is 2. The molecule has 0 aliphatic heterocycles. The molecule has 0 fully saturated rings. The van der Waals surface area contributed by atoms with E-state index in [9.17, 15) is 0 Å². The molecular formula is C22H22N2O2S. The minimum atomic E-state index is 0.0171. The molecule has 4 nitrogen and oxygen atoms in total. The Bertz CT molecular complexity index is 1050. The summed E-state index contributed by atoms with van der Waals surface area (Å²) in [5, 5.41) is 7.04. The van der Waals surface area contributed by atoms with Crippen LogP contribution in [0.1, 0.15) is 22.2 Å². The summed E-state index contributed by atoms with van der Waals surface area (Å²) in [4.78, 5) is 4.77. The highest BCUT2D eigenvalue weighted by Crippen LogP contribution is 2.39. The van der Waals surface area contributed by atoms with Gasteiger partial charge in [-0.3, -0.25) is 0 Å². The molecule has 0 saturated carbocycles. The lowest BCUT2D eigenvalue weighted by atomic mass is 10.0. The van der Waals surface area contributed by atoms with Crippen LogP contribution in [0.3, 0.4) is 0 Å². The second-order valence-corrected chi connectivity index (χ2v) is 7.35. The average molecular weight is 378 g/mol. The van der Waals surface area contributed by atoms with Crippen LogP contribution in [0.25, 0.3) is 10.9 Å². The van der Waals surface area contributed by atoms with Gasteiger partial charge in [0.25, 0.3) is 0 Å². The van der Waals surface area contributed by atoms with Crippen LogP contribution < -0.4 is 14.8 Å². The molecule has 5 heteroatoms. The third-order valence-electron chi connectivity index (χ3n) is 4.77. The maximum Gasteiger partial charge on any atom is 0.145 e. The molecule has 138 valence electrons. The lowest BCUT2D eigenvalue weighted by Gasteiger charge is -2.22. The minimum Gasteiger partial charge on any atom is -0.497 e. The molecule has 1 atom stereocenters. The third kappa shape index (κ3) is 3.26. The number of H-pyrrole nitrogens is 1. The standard InChI is InChI=1S/C22H22N2O2S/c1-14-21(16-7-4-5-8-17(16)23-14)22(20-9-6-12-27-20)24-18-11-10-15(25-2)13-19(18)26-3/h4-13,22-24H,1-3H3. The number of anilines is 1. The lowest BCUT2D eigenvalue weighted by Crippen LogP contribution is -2.12. The predicted octanol–water partition coefficient (Wildman–Crippen LogP) is 5.76. The number of aromatic nitrogens is 1. The SMILES string of the molecule is COc1ccc(NC(c2cccs2)c2c(C)[nH]c3ccccc23)c(OC)c1. The Labute approximate surface area is 162 Å². The van der Waals surface area contributed by atoms with Crippen molar-refractivity contribution >= 4 is 27.9 Å². The van der Waals surface area contributed by atoms with Crippen molar-refractivity contribution in [3.63, 3.8) is 0 Å². The number of thiophene rings is 1. The first-order valence-electron chi connectivity index (χ1n) is 8.80. The van der Waals surface area contributed by atoms with E-state index in [2.05, 4.69) is 59.0 Å². The number of para-hydroxylation sites is 1. The second kappa shape index (κ2) is 7.37. The van der Waals surface area contributed by atoms with Gasteiger partial charge in [-0.05, 0) is 36.6 Å². The van der Waals surface area contributed by atoms with Crippen LogP contribution in [0.2, 0.25) is 0 Å². The lowest BCUT2D eigenvalue weighted by molar-refractivity contribution is 0.395. The molecule has 0 bridgehead atoms. The smallest absolute Gasteiger partial charge is 0.145 e. The fourth-order valence-electron chi connectivity index (χ4n) is 3.48. The van der Waals surface area contributed by atoms with E-state index in [4.69, 9.17) is 9.47 Å². The molecule has 0 aliphatic rings. The molecule has 0 amide bonds. The van der Waals surface area contributed by atoms with Crippen molar-refractivity contribution in [3.8, 4) is 11.5 Å². The molecule has 2 N–H and O–H groups in total. The molecule has 4 rings (SSSR count). The summed E-state index contributed by atoms with van der Waals surface area (Å²) < 4.78 is 10.9. The molecule has 4 aromatic rings. The summed E-state index contributed by atoms with van der Waals surface area (Å²) >= 11 is 1.74. The Balaban J connectivity index is 1.83. The van der Waals surface area contributed by atoms with Gasteiger partial charge in [0, 0.05) is 33.1 Å². The zero-order valence-corrected chi connectivity index (χ0v) is 16.4. The van der Waals surface area contributed by atoms with Crippen LogP contribution in [-0.4, -0.2) is 19.2 Å². The van der Waals surface area contributed by atoms with Crippen molar-refractivity contribution in [3.05, 3.63) is 76.1 Å². The van der Waals surface area contributed by atoms with Gasteiger partial charge in [-0.1, -0.05) is 24.3 Å². The van der Waals surface area contributed by atoms with E-state index in [-0.39, 0.29) is 6.04 Å². The molecule has 0 saturated heterocycles. The fraction of sp³-hybridized carbons (Fsp3) is 0.182. The quantitative estimate of drug-likeness (QED) is 0.449. The van der Waals surface area contributed by atoms with Crippen LogP contribution in [-0.2, 0) is 0 Å². The highest BCUT2D eigenvalue weighted by Gasteiger charge is 2.23. The molecule has 0 spiro atoms. The van der Waals surface area contributed by atoms with E-state index in [1.165, 1.54) is 15.8 Å². The largest absolute Gasteiger partial charge is 0.497 e. The monoisotopic (exact) mass is 378 g/mol. The molecule has 2 heterocycles. The summed E-state index contributed by atoms with van der Waals surface area (Å²) in [6, 6.07) is 18.5. The van der Waals surface area contributed by atoms with Crippen molar-refractivity contribution in [1.82, 2.24) is 4.98 Å². The number of nitrogens with one attached hydrogen (secondary N) is 2. The maximum absolute atomic E-state index is 5.59. The van der Waals surface area contributed by atoms with E-state index in [1.54, 1.807) is 25.6 Å². The minimum absolute atomic E-state index is 0.0171. The summed E-state index contributed by atoms with van der Waals surface area (Å²) in [6.07, 6.45) is 0. The molecular weight excluding hydrogens is 356 g/mol. The van der Waals surface area contributed by atoms with Crippen molar-refractivity contribution in [2.45, 2.75) is 13.0 Å². The number of fused-ring (bicyclic) bond motifs is 1. The zero-order chi connectivity index (χ0) is 18.8. The topological polar surface area (TPSA) is 46.3 Å². The molecule has 2 aromatic carbocycles. The van der Waals surface area contributed by atoms with Crippen LogP contribution in [0.5, 0.6) is 11.5 Å². The molecule has 2 aromatic heterocycles. The van der Waals surface area contributed by atoms with E-state index in [0.717, 1.165) is 28.4 Å². The zero-order valence-electron chi connectivity index (χ0n) is 15.6. The summed E-state index contributed by atoms with van der Waals surface area (Å²) in [5.41, 5.74) is 4.50. The normalized spacial score (nSPS) is 12.1. The van der Waals surface area contributed by atoms with Gasteiger partial charge in [-0.25, -0.2) is 0 Å². The van der Waals surface area contributed by atoms with Crippen LogP contribution >= 0.6 is 11.3 Å². The number of aryl methyl sites for hydroxylation is 1. The first-order chi connectivity index (χ1) is 13.2. The first-order valence-corrected chi connectivity index (χ1v) is 9.68. The van der Waals surface area contributed by atoms with E-state index in [1.807, 2.05) is 18.2 Å². The highest BCUT2D eigenvalue weighted by atomic mass is 32.1. The van der Waals surface area contributed by atoms with E-state index < -0.39 is 0 Å². The van der Waals surface area contributed by atoms with Crippen molar-refractivity contribution in [2.75, 3.05) is 19.5 Å². The van der Waals surface area contributed by atoms with Gasteiger partial charge in [0.2, 0.25) is 0 Å². The van der Waals surface area contributed by atoms with Gasteiger partial charge >= 0.3 is 0 Å². The number of methoxy groups -OCH3 is 2. The van der Waals surface area contributed by atoms with Crippen molar-refractivity contribution in [1.29, 1.82) is 0 Å². The Morgan fingerprint density at radius 3 is 2.59 bits per heavy atom. The summed E-state index contributed by atoms with van der Waals surface area (Å²) in [5.74, 6) is 1.53. The summed E-state index contributed by atoms with van der Waals surface area (Å²) in [7, 11) is 3.34. The molecule has 0 radical (unpaired) electrons. The van der Waals surface area contributed by atoms with Crippen LogP contribution in [0.4, 0.5) is 5.69 Å². The Kier molecular flexibility index (Phi) is 4.77. The number of aromatic amines is 1. The van der Waals surface area contributed by atoms with Crippen LogP contribution in [0, 0.1) is 6.92 Å². The van der Waals surface area contributed by atoms with Gasteiger partial charge in [0.15, 0.2) is 0 Å². The Morgan fingerprint density at radius 1 is 1.00 bits per heavy atom. The van der Waals surface area contributed by atoms with Gasteiger partial charge in [-0.15, -0.1) is 11.3 Å². The van der Waals surface area contributed by atoms with Gasteiger partial charge in [-0.2, -0.15) is 0 Å². The predicted molar refractivity (Wildman–Crippen MR) is 112 cm³/mol. The maximum atomic E-state index is 5.59. The van der Waals surface area contributed by atoms with Crippen molar-refractivity contribution < 1.29 is 9.47 Å². The third-order valence-corrected chi connectivity index (χ3v) is 5.71. The molecule has 1 unspecified atom stereocenters. The van der Waals surface area contributed by atoms with Crippen LogP contribution in [0.15, 0.2) is 60.0 Å².